The van der Waals surface area contributed by atoms with Gasteiger partial charge in [-0.2, -0.15) is 0 Å². The number of carbonyl (C=O) groups is 1. The Hall–Kier alpha value is -1.58. The van der Waals surface area contributed by atoms with Gasteiger partial charge in [0.2, 0.25) is 0 Å². The number of urea groups is 1. The molecule has 0 saturated carbocycles. The van der Waals surface area contributed by atoms with Crippen molar-refractivity contribution in [2.75, 3.05) is 0 Å². The second-order valence-electron chi connectivity index (χ2n) is 4.18. The number of nitrogens with one attached hydrogen (secondary N) is 1. The van der Waals surface area contributed by atoms with Crippen LogP contribution in [0, 0.1) is 5.82 Å². The third-order valence-corrected chi connectivity index (χ3v) is 2.02. The lowest BCUT2D eigenvalue weighted by Crippen LogP contribution is -2.47. The molecule has 0 bridgehead atoms. The van der Waals surface area contributed by atoms with Gasteiger partial charge in [-0.25, -0.2) is 9.18 Å². The zero-order valence-corrected chi connectivity index (χ0v) is 8.88. The van der Waals surface area contributed by atoms with Gasteiger partial charge in [-0.05, 0) is 38.0 Å². The Bertz CT molecular complexity index is 346. The van der Waals surface area contributed by atoms with Gasteiger partial charge >= 0.3 is 6.03 Å². The summed E-state index contributed by atoms with van der Waals surface area (Å²) in [5, 5.41) is 2.63. The molecule has 0 heterocycles. The number of hydrogen-bond acceptors (Lipinski definition) is 1. The van der Waals surface area contributed by atoms with Gasteiger partial charge in [-0.1, -0.05) is 12.1 Å². The summed E-state index contributed by atoms with van der Waals surface area (Å²) in [7, 11) is 0. The van der Waals surface area contributed by atoms with E-state index in [0.29, 0.717) is 6.42 Å². The van der Waals surface area contributed by atoms with Gasteiger partial charge < -0.3 is 11.1 Å². The highest BCUT2D eigenvalue weighted by Crippen LogP contribution is 2.12. The Labute approximate surface area is 88.5 Å². The summed E-state index contributed by atoms with van der Waals surface area (Å²) in [6.45, 7) is 3.72. The highest BCUT2D eigenvalue weighted by molar-refractivity contribution is 5.72. The summed E-state index contributed by atoms with van der Waals surface area (Å²) in [6, 6.07) is 5.63. The number of halogens is 1. The largest absolute Gasteiger partial charge is 0.352 e. The fourth-order valence-corrected chi connectivity index (χ4v) is 1.49. The molecular weight excluding hydrogens is 195 g/mol. The molecule has 82 valence electrons. The summed E-state index contributed by atoms with van der Waals surface area (Å²) in [5.74, 6) is -0.264. The van der Waals surface area contributed by atoms with E-state index in [0.717, 1.165) is 5.56 Å². The quantitative estimate of drug-likeness (QED) is 0.785. The van der Waals surface area contributed by atoms with Crippen molar-refractivity contribution in [3.63, 3.8) is 0 Å². The van der Waals surface area contributed by atoms with Crippen molar-refractivity contribution in [2.24, 2.45) is 5.73 Å². The minimum absolute atomic E-state index is 0.264. The molecule has 0 aliphatic carbocycles. The van der Waals surface area contributed by atoms with Crippen molar-refractivity contribution in [3.05, 3.63) is 35.6 Å². The van der Waals surface area contributed by atoms with Crippen LogP contribution in [0.5, 0.6) is 0 Å². The van der Waals surface area contributed by atoms with E-state index in [2.05, 4.69) is 5.32 Å². The van der Waals surface area contributed by atoms with Gasteiger partial charge in [-0.3, -0.25) is 0 Å². The van der Waals surface area contributed by atoms with Gasteiger partial charge in [0.25, 0.3) is 0 Å². The van der Waals surface area contributed by atoms with Gasteiger partial charge in [0.15, 0.2) is 0 Å². The van der Waals surface area contributed by atoms with Crippen LogP contribution >= 0.6 is 0 Å². The Morgan fingerprint density at radius 2 is 1.93 bits per heavy atom. The van der Waals surface area contributed by atoms with Crippen LogP contribution in [0.15, 0.2) is 24.3 Å². The first-order chi connectivity index (χ1) is 6.89. The van der Waals surface area contributed by atoms with E-state index in [1.165, 1.54) is 12.1 Å². The fraction of sp³-hybridized carbons (Fsp3) is 0.364. The smallest absolute Gasteiger partial charge is 0.312 e. The van der Waals surface area contributed by atoms with Gasteiger partial charge in [-0.15, -0.1) is 0 Å². The zero-order chi connectivity index (χ0) is 11.5. The van der Waals surface area contributed by atoms with E-state index in [1.807, 2.05) is 13.8 Å². The maximum absolute atomic E-state index is 12.6. The van der Waals surface area contributed by atoms with Crippen LogP contribution in [0.3, 0.4) is 0 Å². The van der Waals surface area contributed by atoms with E-state index < -0.39 is 11.6 Å². The molecule has 0 aliphatic rings. The van der Waals surface area contributed by atoms with E-state index in [9.17, 15) is 9.18 Å². The van der Waals surface area contributed by atoms with Crippen molar-refractivity contribution < 1.29 is 9.18 Å². The van der Waals surface area contributed by atoms with Crippen molar-refractivity contribution in [1.29, 1.82) is 0 Å². The number of amides is 2. The van der Waals surface area contributed by atoms with E-state index in [-0.39, 0.29) is 5.82 Å². The predicted molar refractivity (Wildman–Crippen MR) is 56.9 cm³/mol. The summed E-state index contributed by atoms with van der Waals surface area (Å²) in [6.07, 6.45) is 0.607. The van der Waals surface area contributed by atoms with Crippen LogP contribution in [0.4, 0.5) is 9.18 Å². The molecule has 1 aromatic rings. The first-order valence-electron chi connectivity index (χ1n) is 4.71. The molecule has 0 aliphatic heterocycles. The lowest BCUT2D eigenvalue weighted by Gasteiger charge is -2.25. The van der Waals surface area contributed by atoms with Crippen molar-refractivity contribution in [3.8, 4) is 0 Å². The maximum Gasteiger partial charge on any atom is 0.312 e. The van der Waals surface area contributed by atoms with Crippen LogP contribution in [0.1, 0.15) is 19.4 Å². The number of rotatable bonds is 3. The maximum atomic E-state index is 12.6. The number of primary amides is 1. The number of benzene rings is 1. The first-order valence-corrected chi connectivity index (χ1v) is 4.71. The number of carbonyl (C=O) groups excluding carboxylic acids is 1. The summed E-state index contributed by atoms with van der Waals surface area (Å²) < 4.78 is 12.6. The minimum Gasteiger partial charge on any atom is -0.352 e. The molecule has 0 saturated heterocycles. The van der Waals surface area contributed by atoms with Gasteiger partial charge in [0.1, 0.15) is 5.82 Å². The topological polar surface area (TPSA) is 55.1 Å². The highest BCUT2D eigenvalue weighted by Gasteiger charge is 2.19. The normalized spacial score (nSPS) is 11.1. The second-order valence-corrected chi connectivity index (χ2v) is 4.18. The molecule has 0 radical (unpaired) electrons. The van der Waals surface area contributed by atoms with Gasteiger partial charge in [0.05, 0.1) is 0 Å². The van der Waals surface area contributed by atoms with E-state index >= 15 is 0 Å². The summed E-state index contributed by atoms with van der Waals surface area (Å²) in [4.78, 5) is 10.7. The molecular formula is C11H15FN2O. The first kappa shape index (κ1) is 11.5. The van der Waals surface area contributed by atoms with Crippen LogP contribution < -0.4 is 11.1 Å². The van der Waals surface area contributed by atoms with E-state index in [4.69, 9.17) is 5.73 Å². The van der Waals surface area contributed by atoms with Crippen LogP contribution in [0.2, 0.25) is 0 Å². The molecule has 0 spiro atoms. The van der Waals surface area contributed by atoms with Crippen molar-refractivity contribution in [1.82, 2.24) is 5.32 Å². The van der Waals surface area contributed by atoms with Crippen LogP contribution in [0.25, 0.3) is 0 Å². The molecule has 0 aromatic heterocycles. The Balaban J connectivity index is 2.68. The molecule has 4 heteroatoms. The number of nitrogens with two attached hydrogens (primary N) is 1. The molecule has 1 rings (SSSR count). The SMILES string of the molecule is CC(C)(Cc1ccc(F)cc1)NC(N)=O. The van der Waals surface area contributed by atoms with Crippen molar-refractivity contribution in [2.45, 2.75) is 25.8 Å². The third-order valence-electron chi connectivity index (χ3n) is 2.02. The molecule has 0 atom stereocenters. The summed E-state index contributed by atoms with van der Waals surface area (Å²) in [5.41, 5.74) is 5.57. The zero-order valence-electron chi connectivity index (χ0n) is 8.88. The second kappa shape index (κ2) is 4.29. The molecule has 2 amide bonds. The average Bonchev–Trinajstić information content (AvgIpc) is 2.06. The Kier molecular flexibility index (Phi) is 3.29. The van der Waals surface area contributed by atoms with Gasteiger partial charge in [0, 0.05) is 5.54 Å². The minimum atomic E-state index is -0.554. The number of hydrogen-bond donors (Lipinski definition) is 2. The molecule has 1 aromatic carbocycles. The monoisotopic (exact) mass is 210 g/mol. The van der Waals surface area contributed by atoms with Crippen LogP contribution in [-0.4, -0.2) is 11.6 Å². The molecule has 0 unspecified atom stereocenters. The molecule has 15 heavy (non-hydrogen) atoms. The highest BCUT2D eigenvalue weighted by atomic mass is 19.1. The van der Waals surface area contributed by atoms with Crippen molar-refractivity contribution >= 4 is 6.03 Å². The van der Waals surface area contributed by atoms with E-state index in [1.54, 1.807) is 12.1 Å². The Morgan fingerprint density at radius 3 is 2.40 bits per heavy atom. The lowest BCUT2D eigenvalue weighted by atomic mass is 9.95. The molecule has 0 fully saturated rings. The average molecular weight is 210 g/mol. The molecule has 3 nitrogen and oxygen atoms in total. The van der Waals surface area contributed by atoms with Crippen LogP contribution in [-0.2, 0) is 6.42 Å². The lowest BCUT2D eigenvalue weighted by molar-refractivity contribution is 0.238. The Morgan fingerprint density at radius 1 is 1.40 bits per heavy atom. The standard InChI is InChI=1S/C11H15FN2O/c1-11(2,14-10(13)15)7-8-3-5-9(12)6-4-8/h3-6H,7H2,1-2H3,(H3,13,14,15). The third kappa shape index (κ3) is 3.97. The molecule has 3 N–H and O–H groups in total. The summed E-state index contributed by atoms with van der Waals surface area (Å²) >= 11 is 0. The predicted octanol–water partition coefficient (Wildman–Crippen LogP) is 1.82. The fourth-order valence-electron chi connectivity index (χ4n) is 1.49.